The van der Waals surface area contributed by atoms with Crippen molar-refractivity contribution < 1.29 is 14.1 Å². The predicted molar refractivity (Wildman–Crippen MR) is 80.0 cm³/mol. The van der Waals surface area contributed by atoms with Crippen LogP contribution in [0.3, 0.4) is 0 Å². The molecular weight excluding hydrogens is 343 g/mol. The Bertz CT molecular complexity index is 679. The summed E-state index contributed by atoms with van der Waals surface area (Å²) in [7, 11) is 1.85. The average molecular weight is 355 g/mol. The van der Waals surface area contributed by atoms with E-state index in [-0.39, 0.29) is 5.75 Å². The quantitative estimate of drug-likeness (QED) is 0.650. The third kappa shape index (κ3) is 3.77. The van der Waals surface area contributed by atoms with E-state index in [2.05, 4.69) is 21.2 Å². The molecule has 0 amide bonds. The van der Waals surface area contributed by atoms with Gasteiger partial charge in [-0.25, -0.2) is 0 Å². The number of nitrogens with zero attached hydrogens (tertiary/aromatic N) is 1. The molecule has 7 heteroatoms. The molecule has 0 heterocycles. The number of benzene rings is 2. The number of halogens is 2. The Labute approximate surface area is 129 Å². The Hall–Kier alpha value is -1.99. The molecule has 2 rings (SSSR count). The molecule has 2 aromatic carbocycles. The molecular formula is C14H12BrFN2O3. The molecule has 110 valence electrons. The van der Waals surface area contributed by atoms with E-state index < -0.39 is 16.4 Å². The third-order valence-corrected chi connectivity index (χ3v) is 3.34. The van der Waals surface area contributed by atoms with Crippen LogP contribution in [0.1, 0.15) is 5.56 Å². The van der Waals surface area contributed by atoms with Crippen LogP contribution in [0.5, 0.6) is 11.5 Å². The van der Waals surface area contributed by atoms with Crippen molar-refractivity contribution in [3.05, 3.63) is 62.4 Å². The normalized spacial score (nSPS) is 10.4. The van der Waals surface area contributed by atoms with Crippen molar-refractivity contribution in [1.82, 2.24) is 5.32 Å². The van der Waals surface area contributed by atoms with E-state index in [4.69, 9.17) is 4.74 Å². The maximum absolute atomic E-state index is 13.5. The summed E-state index contributed by atoms with van der Waals surface area (Å²) in [5.41, 5.74) is 0.484. The Morgan fingerprint density at radius 3 is 2.67 bits per heavy atom. The van der Waals surface area contributed by atoms with Crippen LogP contribution in [0.15, 0.2) is 40.9 Å². The first-order valence-electron chi connectivity index (χ1n) is 6.06. The fourth-order valence-electron chi connectivity index (χ4n) is 1.77. The molecule has 0 aliphatic heterocycles. The molecule has 0 atom stereocenters. The second-order valence-electron chi connectivity index (χ2n) is 4.27. The van der Waals surface area contributed by atoms with Crippen molar-refractivity contribution in [1.29, 1.82) is 0 Å². The van der Waals surface area contributed by atoms with Crippen molar-refractivity contribution in [2.24, 2.45) is 0 Å². The van der Waals surface area contributed by atoms with Gasteiger partial charge in [0.05, 0.1) is 9.40 Å². The van der Waals surface area contributed by atoms with Crippen LogP contribution in [-0.4, -0.2) is 12.0 Å². The van der Waals surface area contributed by atoms with E-state index in [1.54, 1.807) is 6.07 Å². The molecule has 0 aromatic heterocycles. The topological polar surface area (TPSA) is 64.4 Å². The lowest BCUT2D eigenvalue weighted by Crippen LogP contribution is -2.04. The number of nitro benzene ring substituents is 1. The second kappa shape index (κ2) is 6.64. The van der Waals surface area contributed by atoms with Crippen LogP contribution >= 0.6 is 15.9 Å². The van der Waals surface area contributed by atoms with E-state index in [0.29, 0.717) is 16.8 Å². The summed E-state index contributed by atoms with van der Waals surface area (Å²) in [6, 6.07) is 8.93. The van der Waals surface area contributed by atoms with E-state index >= 15 is 0 Å². The molecule has 0 aliphatic rings. The van der Waals surface area contributed by atoms with E-state index in [1.807, 2.05) is 19.2 Å². The number of rotatable bonds is 5. The lowest BCUT2D eigenvalue weighted by molar-refractivity contribution is -0.387. The molecule has 21 heavy (non-hydrogen) atoms. The standard InChI is InChI=1S/C14H12BrFN2O3/c1-17-8-9-2-5-14(11(15)6-9)21-10-3-4-13(18(19)20)12(16)7-10/h2-7,17H,8H2,1H3. The molecule has 1 N–H and O–H groups in total. The lowest BCUT2D eigenvalue weighted by Gasteiger charge is -2.09. The molecule has 0 unspecified atom stereocenters. The van der Waals surface area contributed by atoms with Gasteiger partial charge in [-0.2, -0.15) is 4.39 Å². The van der Waals surface area contributed by atoms with Gasteiger partial charge in [0.1, 0.15) is 11.5 Å². The predicted octanol–water partition coefficient (Wildman–Crippen LogP) is 4.01. The maximum Gasteiger partial charge on any atom is 0.305 e. The van der Waals surface area contributed by atoms with Crippen molar-refractivity contribution in [2.75, 3.05) is 7.05 Å². The van der Waals surface area contributed by atoms with E-state index in [9.17, 15) is 14.5 Å². The largest absolute Gasteiger partial charge is 0.456 e. The Kier molecular flexibility index (Phi) is 4.87. The van der Waals surface area contributed by atoms with Gasteiger partial charge in [0.2, 0.25) is 5.82 Å². The summed E-state index contributed by atoms with van der Waals surface area (Å²) in [5, 5.41) is 13.6. The molecule has 0 fully saturated rings. The lowest BCUT2D eigenvalue weighted by atomic mass is 10.2. The Morgan fingerprint density at radius 1 is 1.33 bits per heavy atom. The number of ether oxygens (including phenoxy) is 1. The number of hydrogen-bond acceptors (Lipinski definition) is 4. The summed E-state index contributed by atoms with van der Waals surface area (Å²) in [6.45, 7) is 0.713. The molecule has 0 bridgehead atoms. The summed E-state index contributed by atoms with van der Waals surface area (Å²) >= 11 is 3.38. The number of nitro groups is 1. The number of nitrogens with one attached hydrogen (secondary N) is 1. The van der Waals surface area contributed by atoms with Crippen LogP contribution in [0, 0.1) is 15.9 Å². The SMILES string of the molecule is CNCc1ccc(Oc2ccc([N+](=O)[O-])c(F)c2)c(Br)c1. The van der Waals surface area contributed by atoms with Gasteiger partial charge in [-0.1, -0.05) is 6.07 Å². The van der Waals surface area contributed by atoms with Crippen molar-refractivity contribution in [3.8, 4) is 11.5 Å². The third-order valence-electron chi connectivity index (χ3n) is 2.72. The van der Waals surface area contributed by atoms with Gasteiger partial charge in [0, 0.05) is 18.7 Å². The molecule has 0 radical (unpaired) electrons. The molecule has 5 nitrogen and oxygen atoms in total. The highest BCUT2D eigenvalue weighted by atomic mass is 79.9. The molecule has 0 spiro atoms. The highest BCUT2D eigenvalue weighted by Gasteiger charge is 2.15. The van der Waals surface area contributed by atoms with Gasteiger partial charge < -0.3 is 10.1 Å². The highest BCUT2D eigenvalue weighted by Crippen LogP contribution is 2.32. The van der Waals surface area contributed by atoms with Crippen LogP contribution in [0.2, 0.25) is 0 Å². The van der Waals surface area contributed by atoms with E-state index in [0.717, 1.165) is 17.7 Å². The van der Waals surface area contributed by atoms with Gasteiger partial charge in [0.25, 0.3) is 0 Å². The van der Waals surface area contributed by atoms with Crippen molar-refractivity contribution in [2.45, 2.75) is 6.54 Å². The molecule has 0 aliphatic carbocycles. The van der Waals surface area contributed by atoms with Gasteiger partial charge in [-0.15, -0.1) is 0 Å². The number of hydrogen-bond donors (Lipinski definition) is 1. The average Bonchev–Trinajstić information content (AvgIpc) is 2.42. The summed E-state index contributed by atoms with van der Waals surface area (Å²) in [5.74, 6) is -0.233. The summed E-state index contributed by atoms with van der Waals surface area (Å²) < 4.78 is 19.8. The second-order valence-corrected chi connectivity index (χ2v) is 5.12. The minimum atomic E-state index is -0.930. The smallest absolute Gasteiger partial charge is 0.305 e. The van der Waals surface area contributed by atoms with Gasteiger partial charge in [-0.05, 0) is 46.7 Å². The van der Waals surface area contributed by atoms with Crippen molar-refractivity contribution >= 4 is 21.6 Å². The van der Waals surface area contributed by atoms with Crippen LogP contribution in [0.4, 0.5) is 10.1 Å². The monoisotopic (exact) mass is 354 g/mol. The Morgan fingerprint density at radius 2 is 2.10 bits per heavy atom. The molecule has 0 saturated heterocycles. The van der Waals surface area contributed by atoms with E-state index in [1.165, 1.54) is 6.07 Å². The fourth-order valence-corrected chi connectivity index (χ4v) is 2.27. The van der Waals surface area contributed by atoms with Gasteiger partial charge in [-0.3, -0.25) is 10.1 Å². The zero-order chi connectivity index (χ0) is 15.4. The summed E-state index contributed by atoms with van der Waals surface area (Å²) in [4.78, 5) is 9.78. The zero-order valence-corrected chi connectivity index (χ0v) is 12.7. The Balaban J connectivity index is 2.22. The van der Waals surface area contributed by atoms with Gasteiger partial charge in [0.15, 0.2) is 0 Å². The minimum absolute atomic E-state index is 0.195. The highest BCUT2D eigenvalue weighted by molar-refractivity contribution is 9.10. The van der Waals surface area contributed by atoms with Crippen LogP contribution in [-0.2, 0) is 6.54 Å². The summed E-state index contributed by atoms with van der Waals surface area (Å²) in [6.07, 6.45) is 0. The fraction of sp³-hybridized carbons (Fsp3) is 0.143. The molecule has 2 aromatic rings. The van der Waals surface area contributed by atoms with Crippen molar-refractivity contribution in [3.63, 3.8) is 0 Å². The first-order valence-corrected chi connectivity index (χ1v) is 6.85. The minimum Gasteiger partial charge on any atom is -0.456 e. The zero-order valence-electron chi connectivity index (χ0n) is 11.1. The van der Waals surface area contributed by atoms with Crippen LogP contribution < -0.4 is 10.1 Å². The maximum atomic E-state index is 13.5. The first kappa shape index (κ1) is 15.4. The molecule has 0 saturated carbocycles. The first-order chi connectivity index (χ1) is 10.0. The van der Waals surface area contributed by atoms with Gasteiger partial charge >= 0.3 is 5.69 Å². The van der Waals surface area contributed by atoms with Crippen LogP contribution in [0.25, 0.3) is 0 Å².